The van der Waals surface area contributed by atoms with Crippen LogP contribution in [0.15, 0.2) is 47.4 Å². The summed E-state index contributed by atoms with van der Waals surface area (Å²) < 4.78 is 32.7. The van der Waals surface area contributed by atoms with Gasteiger partial charge in [0.2, 0.25) is 15.9 Å². The van der Waals surface area contributed by atoms with Gasteiger partial charge in [-0.1, -0.05) is 6.42 Å². The molecule has 0 saturated carbocycles. The van der Waals surface area contributed by atoms with Crippen molar-refractivity contribution in [2.24, 2.45) is 0 Å². The van der Waals surface area contributed by atoms with E-state index in [0.717, 1.165) is 19.3 Å². The average Bonchev–Trinajstić information content (AvgIpc) is 2.75. The third-order valence-corrected chi connectivity index (χ3v) is 6.73. The molecule has 8 nitrogen and oxygen atoms in total. The van der Waals surface area contributed by atoms with Gasteiger partial charge in [0.15, 0.2) is 0 Å². The summed E-state index contributed by atoms with van der Waals surface area (Å²) in [4.78, 5) is 24.0. The van der Waals surface area contributed by atoms with Gasteiger partial charge in [-0.25, -0.2) is 8.42 Å². The van der Waals surface area contributed by atoms with Gasteiger partial charge < -0.3 is 15.4 Å². The molecule has 0 radical (unpaired) electrons. The Labute approximate surface area is 176 Å². The number of amides is 2. The van der Waals surface area contributed by atoms with Gasteiger partial charge in [-0.05, 0) is 55.3 Å². The van der Waals surface area contributed by atoms with E-state index in [-0.39, 0.29) is 22.1 Å². The molecule has 2 aromatic rings. The van der Waals surface area contributed by atoms with Gasteiger partial charge in [0.05, 0.1) is 17.6 Å². The molecule has 30 heavy (non-hydrogen) atoms. The van der Waals surface area contributed by atoms with Crippen molar-refractivity contribution >= 4 is 33.2 Å². The highest BCUT2D eigenvalue weighted by Crippen LogP contribution is 2.27. The average molecular weight is 432 g/mol. The van der Waals surface area contributed by atoms with Gasteiger partial charge in [-0.2, -0.15) is 4.31 Å². The van der Waals surface area contributed by atoms with Crippen LogP contribution in [0.3, 0.4) is 0 Å². The number of methoxy groups -OCH3 is 1. The number of benzene rings is 2. The summed E-state index contributed by atoms with van der Waals surface area (Å²) in [6.07, 6.45) is 2.68. The topological polar surface area (TPSA) is 105 Å². The predicted octanol–water partition coefficient (Wildman–Crippen LogP) is 3.08. The summed E-state index contributed by atoms with van der Waals surface area (Å²) in [5, 5.41) is 5.38. The summed E-state index contributed by atoms with van der Waals surface area (Å²) >= 11 is 0. The zero-order valence-corrected chi connectivity index (χ0v) is 17.8. The van der Waals surface area contributed by atoms with Crippen LogP contribution in [-0.4, -0.2) is 44.7 Å². The van der Waals surface area contributed by atoms with Gasteiger partial charge >= 0.3 is 0 Å². The standard InChI is InChI=1S/C21H25N3O5S/c1-15(25)22-16-6-8-17(9-7-16)23-21(26)19-14-18(10-11-20(19)29-2)30(27,28)24-12-4-3-5-13-24/h6-11,14H,3-5,12-13H2,1-2H3,(H,22,25)(H,23,26). The molecule has 3 rings (SSSR count). The first kappa shape index (κ1) is 21.8. The molecule has 1 fully saturated rings. The summed E-state index contributed by atoms with van der Waals surface area (Å²) in [6.45, 7) is 2.37. The fourth-order valence-electron chi connectivity index (χ4n) is 3.32. The number of nitrogens with zero attached hydrogens (tertiary/aromatic N) is 1. The van der Waals surface area contributed by atoms with Crippen LogP contribution in [0, 0.1) is 0 Å². The molecule has 9 heteroatoms. The van der Waals surface area contributed by atoms with Crippen molar-refractivity contribution in [2.75, 3.05) is 30.8 Å². The predicted molar refractivity (Wildman–Crippen MR) is 114 cm³/mol. The lowest BCUT2D eigenvalue weighted by Crippen LogP contribution is -2.35. The third kappa shape index (κ3) is 4.98. The second-order valence-electron chi connectivity index (χ2n) is 7.04. The lowest BCUT2D eigenvalue weighted by molar-refractivity contribution is -0.114. The molecule has 1 heterocycles. The van der Waals surface area contributed by atoms with Crippen LogP contribution >= 0.6 is 0 Å². The minimum absolute atomic E-state index is 0.0661. The smallest absolute Gasteiger partial charge is 0.259 e. The summed E-state index contributed by atoms with van der Waals surface area (Å²) in [5.74, 6) is -0.405. The van der Waals surface area contributed by atoms with Gasteiger partial charge in [-0.15, -0.1) is 0 Å². The lowest BCUT2D eigenvalue weighted by Gasteiger charge is -2.26. The maximum absolute atomic E-state index is 13.0. The van der Waals surface area contributed by atoms with Crippen molar-refractivity contribution in [1.29, 1.82) is 0 Å². The van der Waals surface area contributed by atoms with E-state index in [1.807, 2.05) is 0 Å². The Morgan fingerprint density at radius 3 is 2.10 bits per heavy atom. The number of ether oxygens (including phenoxy) is 1. The molecule has 2 aromatic carbocycles. The molecule has 0 atom stereocenters. The van der Waals surface area contributed by atoms with Crippen molar-refractivity contribution in [3.8, 4) is 5.75 Å². The maximum Gasteiger partial charge on any atom is 0.259 e. The fraction of sp³-hybridized carbons (Fsp3) is 0.333. The van der Waals surface area contributed by atoms with Crippen LogP contribution in [0.4, 0.5) is 11.4 Å². The van der Waals surface area contributed by atoms with Gasteiger partial charge in [-0.3, -0.25) is 9.59 Å². The minimum Gasteiger partial charge on any atom is -0.496 e. The van der Waals surface area contributed by atoms with Crippen molar-refractivity contribution in [1.82, 2.24) is 4.31 Å². The van der Waals surface area contributed by atoms with Crippen molar-refractivity contribution < 1.29 is 22.7 Å². The molecular weight excluding hydrogens is 406 g/mol. The van der Waals surface area contributed by atoms with E-state index in [1.54, 1.807) is 24.3 Å². The van der Waals surface area contributed by atoms with E-state index >= 15 is 0 Å². The molecule has 0 unspecified atom stereocenters. The summed E-state index contributed by atoms with van der Waals surface area (Å²) in [6, 6.07) is 10.9. The Hall–Kier alpha value is -2.91. The van der Waals surface area contributed by atoms with E-state index in [4.69, 9.17) is 4.74 Å². The monoisotopic (exact) mass is 431 g/mol. The van der Waals surface area contributed by atoms with Crippen LogP contribution in [0.5, 0.6) is 5.75 Å². The van der Waals surface area contributed by atoms with Crippen LogP contribution in [-0.2, 0) is 14.8 Å². The van der Waals surface area contributed by atoms with E-state index in [9.17, 15) is 18.0 Å². The Kier molecular flexibility index (Phi) is 6.73. The number of sulfonamides is 1. The quantitative estimate of drug-likeness (QED) is 0.731. The number of anilines is 2. The van der Waals surface area contributed by atoms with Crippen molar-refractivity contribution in [2.45, 2.75) is 31.1 Å². The first-order valence-corrected chi connectivity index (χ1v) is 11.1. The van der Waals surface area contributed by atoms with E-state index in [1.165, 1.54) is 36.5 Å². The highest BCUT2D eigenvalue weighted by Gasteiger charge is 2.27. The Morgan fingerprint density at radius 1 is 0.933 bits per heavy atom. The molecular formula is C21H25N3O5S. The number of hydrogen-bond acceptors (Lipinski definition) is 5. The van der Waals surface area contributed by atoms with Gasteiger partial charge in [0.25, 0.3) is 5.91 Å². The van der Waals surface area contributed by atoms with E-state index < -0.39 is 15.9 Å². The van der Waals surface area contributed by atoms with Gasteiger partial charge in [0, 0.05) is 31.4 Å². The van der Waals surface area contributed by atoms with Gasteiger partial charge in [0.1, 0.15) is 5.75 Å². The van der Waals surface area contributed by atoms with Crippen molar-refractivity contribution in [3.63, 3.8) is 0 Å². The fourth-order valence-corrected chi connectivity index (χ4v) is 4.86. The first-order valence-electron chi connectivity index (χ1n) is 9.68. The maximum atomic E-state index is 13.0. The van der Waals surface area contributed by atoms with E-state index in [0.29, 0.717) is 24.5 Å². The first-order chi connectivity index (χ1) is 14.3. The second-order valence-corrected chi connectivity index (χ2v) is 8.98. The molecule has 0 aliphatic carbocycles. The minimum atomic E-state index is -3.68. The third-order valence-electron chi connectivity index (χ3n) is 4.83. The lowest BCUT2D eigenvalue weighted by atomic mass is 10.1. The largest absolute Gasteiger partial charge is 0.496 e. The van der Waals surface area contributed by atoms with E-state index in [2.05, 4.69) is 10.6 Å². The molecule has 1 aliphatic heterocycles. The highest BCUT2D eigenvalue weighted by atomic mass is 32.2. The number of hydrogen-bond donors (Lipinski definition) is 2. The zero-order chi connectivity index (χ0) is 21.7. The molecule has 1 aliphatic rings. The molecule has 0 aromatic heterocycles. The van der Waals surface area contributed by atoms with Crippen molar-refractivity contribution in [3.05, 3.63) is 48.0 Å². The summed E-state index contributed by atoms with van der Waals surface area (Å²) in [5.41, 5.74) is 1.23. The highest BCUT2D eigenvalue weighted by molar-refractivity contribution is 7.89. The summed E-state index contributed by atoms with van der Waals surface area (Å²) in [7, 11) is -2.25. The SMILES string of the molecule is COc1ccc(S(=O)(=O)N2CCCCC2)cc1C(=O)Nc1ccc(NC(C)=O)cc1. The molecule has 1 saturated heterocycles. The number of nitrogens with one attached hydrogen (secondary N) is 2. The normalized spacial score (nSPS) is 14.7. The number of piperidine rings is 1. The zero-order valence-electron chi connectivity index (χ0n) is 17.0. The Balaban J connectivity index is 1.84. The van der Waals surface area contributed by atoms with Crippen LogP contribution in [0.25, 0.3) is 0 Å². The second kappa shape index (κ2) is 9.27. The number of carbonyl (C=O) groups is 2. The molecule has 2 amide bonds. The van der Waals surface area contributed by atoms with Crippen LogP contribution in [0.1, 0.15) is 36.5 Å². The molecule has 2 N–H and O–H groups in total. The molecule has 160 valence electrons. The Bertz CT molecular complexity index is 1030. The van der Waals surface area contributed by atoms with Crippen LogP contribution in [0.2, 0.25) is 0 Å². The number of rotatable bonds is 6. The number of carbonyl (C=O) groups excluding carboxylic acids is 2. The molecule has 0 spiro atoms. The Morgan fingerprint density at radius 2 is 1.53 bits per heavy atom. The van der Waals surface area contributed by atoms with Crippen LogP contribution < -0.4 is 15.4 Å². The molecule has 0 bridgehead atoms.